The molecule has 1 unspecified atom stereocenters. The van der Waals surface area contributed by atoms with Crippen molar-refractivity contribution in [3.63, 3.8) is 0 Å². The fourth-order valence-corrected chi connectivity index (χ4v) is 2.02. The lowest BCUT2D eigenvalue weighted by Gasteiger charge is -2.33. The van der Waals surface area contributed by atoms with E-state index in [4.69, 9.17) is 10.6 Å². The summed E-state index contributed by atoms with van der Waals surface area (Å²) in [6, 6.07) is -0.464. The standard InChI is InChI=1S/C11H17N7O3/c1-3-6-8(20)13-7(19)5-18(6)10-14-9(17-12)15-11(16-10)21-4-2/h6H,3-5,12H2,1-2H3,(H,13,19,20)(H,14,15,16,17). The van der Waals surface area contributed by atoms with Gasteiger partial charge in [0.1, 0.15) is 12.6 Å². The summed E-state index contributed by atoms with van der Waals surface area (Å²) >= 11 is 0. The number of aromatic nitrogens is 3. The lowest BCUT2D eigenvalue weighted by molar-refractivity contribution is -0.133. The molecule has 1 atom stereocenters. The number of hydrazine groups is 1. The average molecular weight is 295 g/mol. The predicted molar refractivity (Wildman–Crippen MR) is 73.4 cm³/mol. The molecule has 2 rings (SSSR count). The van der Waals surface area contributed by atoms with Gasteiger partial charge in [-0.25, -0.2) is 5.84 Å². The monoisotopic (exact) mass is 295 g/mol. The number of imide groups is 1. The highest BCUT2D eigenvalue weighted by molar-refractivity contribution is 6.04. The molecule has 0 saturated carbocycles. The van der Waals surface area contributed by atoms with Crippen molar-refractivity contribution in [3.05, 3.63) is 0 Å². The van der Waals surface area contributed by atoms with Gasteiger partial charge in [0.25, 0.3) is 0 Å². The smallest absolute Gasteiger partial charge is 0.323 e. The Balaban J connectivity index is 2.39. The van der Waals surface area contributed by atoms with Crippen molar-refractivity contribution in [2.24, 2.45) is 5.84 Å². The average Bonchev–Trinajstić information content (AvgIpc) is 2.46. The summed E-state index contributed by atoms with van der Waals surface area (Å²) in [5.74, 6) is 4.78. The van der Waals surface area contributed by atoms with Gasteiger partial charge in [-0.05, 0) is 13.3 Å². The van der Waals surface area contributed by atoms with Gasteiger partial charge < -0.3 is 9.64 Å². The molecular formula is C11H17N7O3. The van der Waals surface area contributed by atoms with E-state index in [1.54, 1.807) is 6.92 Å². The summed E-state index contributed by atoms with van der Waals surface area (Å²) in [5, 5.41) is 2.29. The fourth-order valence-electron chi connectivity index (χ4n) is 2.02. The van der Waals surface area contributed by atoms with Gasteiger partial charge in [0.05, 0.1) is 6.61 Å². The third-order valence-corrected chi connectivity index (χ3v) is 2.90. The number of nitrogens with zero attached hydrogens (tertiary/aromatic N) is 4. The first-order chi connectivity index (χ1) is 10.1. The van der Waals surface area contributed by atoms with E-state index in [1.807, 2.05) is 6.92 Å². The van der Waals surface area contributed by atoms with Crippen LogP contribution >= 0.6 is 0 Å². The third-order valence-electron chi connectivity index (χ3n) is 2.90. The van der Waals surface area contributed by atoms with E-state index in [2.05, 4.69) is 25.7 Å². The molecule has 1 aliphatic rings. The Labute approximate surface area is 121 Å². The summed E-state index contributed by atoms with van der Waals surface area (Å²) in [4.78, 5) is 37.1. The van der Waals surface area contributed by atoms with Crippen LogP contribution in [0.5, 0.6) is 6.01 Å². The van der Waals surface area contributed by atoms with E-state index in [1.165, 1.54) is 4.90 Å². The van der Waals surface area contributed by atoms with Crippen LogP contribution in [0, 0.1) is 0 Å². The van der Waals surface area contributed by atoms with E-state index in [-0.39, 0.29) is 30.4 Å². The highest BCUT2D eigenvalue weighted by Gasteiger charge is 2.34. The zero-order chi connectivity index (χ0) is 15.4. The van der Waals surface area contributed by atoms with Gasteiger partial charge in [0.15, 0.2) is 0 Å². The van der Waals surface area contributed by atoms with Crippen molar-refractivity contribution in [3.8, 4) is 6.01 Å². The molecule has 0 spiro atoms. The highest BCUT2D eigenvalue weighted by Crippen LogP contribution is 2.20. The lowest BCUT2D eigenvalue weighted by Crippen LogP contribution is -2.58. The fraction of sp³-hybridized carbons (Fsp3) is 0.545. The number of carbonyl (C=O) groups is 2. The first kappa shape index (κ1) is 14.9. The summed E-state index contributed by atoms with van der Waals surface area (Å²) in [6.07, 6.45) is 0.500. The van der Waals surface area contributed by atoms with Gasteiger partial charge in [-0.2, -0.15) is 15.0 Å². The Kier molecular flexibility index (Phi) is 4.48. The number of hydrogen-bond acceptors (Lipinski definition) is 9. The maximum atomic E-state index is 11.9. The first-order valence-corrected chi connectivity index (χ1v) is 6.54. The van der Waals surface area contributed by atoms with Crippen molar-refractivity contribution < 1.29 is 14.3 Å². The maximum absolute atomic E-state index is 11.9. The molecule has 2 heterocycles. The van der Waals surface area contributed by atoms with Gasteiger partial charge >= 0.3 is 6.01 Å². The zero-order valence-electron chi connectivity index (χ0n) is 11.8. The molecule has 0 radical (unpaired) electrons. The van der Waals surface area contributed by atoms with Crippen molar-refractivity contribution in [2.45, 2.75) is 26.3 Å². The molecule has 114 valence electrons. The van der Waals surface area contributed by atoms with E-state index < -0.39 is 11.9 Å². The van der Waals surface area contributed by atoms with Gasteiger partial charge in [-0.15, -0.1) is 0 Å². The Bertz CT molecular complexity index is 551. The van der Waals surface area contributed by atoms with Gasteiger partial charge in [-0.1, -0.05) is 6.92 Å². The molecule has 0 aliphatic carbocycles. The van der Waals surface area contributed by atoms with Crippen LogP contribution in [-0.2, 0) is 9.59 Å². The van der Waals surface area contributed by atoms with Crippen LogP contribution in [0.1, 0.15) is 20.3 Å². The summed E-state index contributed by atoms with van der Waals surface area (Å²) in [7, 11) is 0. The molecular weight excluding hydrogens is 278 g/mol. The van der Waals surface area contributed by atoms with Gasteiger partial charge in [-0.3, -0.25) is 20.3 Å². The molecule has 1 saturated heterocycles. The van der Waals surface area contributed by atoms with E-state index >= 15 is 0 Å². The maximum Gasteiger partial charge on any atom is 0.323 e. The van der Waals surface area contributed by atoms with Gasteiger partial charge in [0.2, 0.25) is 23.7 Å². The number of hydrogen-bond donors (Lipinski definition) is 3. The largest absolute Gasteiger partial charge is 0.464 e. The molecule has 1 aromatic rings. The number of ether oxygens (including phenoxy) is 1. The molecule has 1 aliphatic heterocycles. The second-order valence-corrected chi connectivity index (χ2v) is 4.28. The van der Waals surface area contributed by atoms with Crippen LogP contribution in [0.3, 0.4) is 0 Å². The first-order valence-electron chi connectivity index (χ1n) is 6.54. The SMILES string of the molecule is CCOc1nc(NN)nc(N2CC(=O)NC(=O)C2CC)n1. The second kappa shape index (κ2) is 6.31. The lowest BCUT2D eigenvalue weighted by atomic mass is 10.1. The molecule has 1 fully saturated rings. The topological polar surface area (TPSA) is 135 Å². The number of anilines is 2. The van der Waals surface area contributed by atoms with Crippen molar-refractivity contribution in [1.29, 1.82) is 0 Å². The van der Waals surface area contributed by atoms with E-state index in [0.717, 1.165) is 0 Å². The van der Waals surface area contributed by atoms with Crippen LogP contribution < -0.4 is 26.2 Å². The van der Waals surface area contributed by atoms with Gasteiger partial charge in [0, 0.05) is 0 Å². The predicted octanol–water partition coefficient (Wildman–Crippen LogP) is -1.20. The quantitative estimate of drug-likeness (QED) is 0.347. The molecule has 10 heteroatoms. The molecule has 10 nitrogen and oxygen atoms in total. The minimum absolute atomic E-state index is 0.0240. The highest BCUT2D eigenvalue weighted by atomic mass is 16.5. The van der Waals surface area contributed by atoms with Crippen molar-refractivity contribution in [1.82, 2.24) is 20.3 Å². The minimum atomic E-state index is -0.537. The number of nitrogens with one attached hydrogen (secondary N) is 2. The Morgan fingerprint density at radius 2 is 2.14 bits per heavy atom. The van der Waals surface area contributed by atoms with Crippen LogP contribution in [0.2, 0.25) is 0 Å². The van der Waals surface area contributed by atoms with Crippen LogP contribution in [-0.4, -0.2) is 46.0 Å². The molecule has 1 aromatic heterocycles. The third kappa shape index (κ3) is 3.16. The molecule has 4 N–H and O–H groups in total. The summed E-state index contributed by atoms with van der Waals surface area (Å²) < 4.78 is 5.23. The minimum Gasteiger partial charge on any atom is -0.464 e. The number of carbonyl (C=O) groups excluding carboxylic acids is 2. The number of nitrogen functional groups attached to an aromatic ring is 1. The summed E-state index contributed by atoms with van der Waals surface area (Å²) in [6.45, 7) is 3.96. The van der Waals surface area contributed by atoms with E-state index in [9.17, 15) is 9.59 Å². The molecule has 0 aromatic carbocycles. The molecule has 21 heavy (non-hydrogen) atoms. The Morgan fingerprint density at radius 3 is 2.76 bits per heavy atom. The molecule has 2 amide bonds. The van der Waals surface area contributed by atoms with Crippen molar-refractivity contribution >= 4 is 23.7 Å². The number of nitrogens with two attached hydrogens (primary N) is 1. The van der Waals surface area contributed by atoms with Crippen LogP contribution in [0.15, 0.2) is 0 Å². The van der Waals surface area contributed by atoms with Crippen LogP contribution in [0.25, 0.3) is 0 Å². The summed E-state index contributed by atoms with van der Waals surface area (Å²) in [5.41, 5.74) is 2.31. The normalized spacial score (nSPS) is 18.4. The zero-order valence-corrected chi connectivity index (χ0v) is 11.8. The number of amides is 2. The number of rotatable bonds is 5. The van der Waals surface area contributed by atoms with Crippen molar-refractivity contribution in [2.75, 3.05) is 23.5 Å². The van der Waals surface area contributed by atoms with Crippen LogP contribution in [0.4, 0.5) is 11.9 Å². The molecule has 0 bridgehead atoms. The van der Waals surface area contributed by atoms with E-state index in [0.29, 0.717) is 13.0 Å². The Morgan fingerprint density at radius 1 is 1.38 bits per heavy atom. The Hall–Kier alpha value is -2.49. The number of piperazine rings is 1. The second-order valence-electron chi connectivity index (χ2n) is 4.28.